The number of amides is 1. The van der Waals surface area contributed by atoms with Crippen LogP contribution in [0, 0.1) is 27.7 Å². The van der Waals surface area contributed by atoms with Gasteiger partial charge in [0.25, 0.3) is 0 Å². The normalized spacial score (nSPS) is 10.9. The Balaban J connectivity index is 1.74. The molecule has 0 aliphatic rings. The summed E-state index contributed by atoms with van der Waals surface area (Å²) >= 11 is 1.63. The molecule has 1 amide bonds. The highest BCUT2D eigenvalue weighted by molar-refractivity contribution is 7.22. The fourth-order valence-corrected chi connectivity index (χ4v) is 3.79. The number of rotatable bonds is 4. The van der Waals surface area contributed by atoms with E-state index in [-0.39, 0.29) is 12.5 Å². The lowest BCUT2D eigenvalue weighted by Crippen LogP contribution is -2.29. The van der Waals surface area contributed by atoms with E-state index < -0.39 is 0 Å². The van der Waals surface area contributed by atoms with E-state index in [9.17, 15) is 4.79 Å². The molecule has 1 heterocycles. The van der Waals surface area contributed by atoms with Gasteiger partial charge in [-0.2, -0.15) is 0 Å². The van der Waals surface area contributed by atoms with Gasteiger partial charge in [-0.1, -0.05) is 29.5 Å². The number of aromatic nitrogens is 1. The maximum Gasteiger partial charge on any atom is 0.243 e. The van der Waals surface area contributed by atoms with Gasteiger partial charge in [0.2, 0.25) is 5.91 Å². The number of carbonyl (C=O) groups is 1. The van der Waals surface area contributed by atoms with Crippen molar-refractivity contribution in [2.75, 3.05) is 23.8 Å². The Kier molecular flexibility index (Phi) is 4.77. The van der Waals surface area contributed by atoms with Gasteiger partial charge in [-0.25, -0.2) is 4.98 Å². The second kappa shape index (κ2) is 6.84. The zero-order valence-electron chi connectivity index (χ0n) is 15.3. The predicted molar refractivity (Wildman–Crippen MR) is 107 cm³/mol. The highest BCUT2D eigenvalue weighted by Gasteiger charge is 2.14. The van der Waals surface area contributed by atoms with E-state index in [2.05, 4.69) is 38.2 Å². The van der Waals surface area contributed by atoms with Gasteiger partial charge in [-0.15, -0.1) is 0 Å². The SMILES string of the molecule is Cc1ccc(NC(=O)CN(C)c2nc3c(C)ccc(C)c3s2)cc1C. The lowest BCUT2D eigenvalue weighted by atomic mass is 10.1. The number of likely N-dealkylation sites (N-methyl/N-ethyl adjacent to an activating group) is 1. The Morgan fingerprint density at radius 3 is 2.40 bits per heavy atom. The summed E-state index contributed by atoms with van der Waals surface area (Å²) in [4.78, 5) is 19.0. The van der Waals surface area contributed by atoms with E-state index in [1.54, 1.807) is 11.3 Å². The second-order valence-electron chi connectivity index (χ2n) is 6.58. The molecule has 3 rings (SSSR count). The molecule has 0 spiro atoms. The summed E-state index contributed by atoms with van der Waals surface area (Å²) in [5.41, 5.74) is 6.63. The van der Waals surface area contributed by atoms with E-state index in [4.69, 9.17) is 4.98 Å². The van der Waals surface area contributed by atoms with Gasteiger partial charge in [0.05, 0.1) is 16.8 Å². The number of benzene rings is 2. The molecule has 0 atom stereocenters. The van der Waals surface area contributed by atoms with Crippen LogP contribution < -0.4 is 10.2 Å². The smallest absolute Gasteiger partial charge is 0.243 e. The summed E-state index contributed by atoms with van der Waals surface area (Å²) in [6, 6.07) is 10.2. The first-order chi connectivity index (χ1) is 11.8. The van der Waals surface area contributed by atoms with Gasteiger partial charge < -0.3 is 10.2 Å². The van der Waals surface area contributed by atoms with Crippen LogP contribution in [-0.2, 0) is 4.79 Å². The summed E-state index contributed by atoms with van der Waals surface area (Å²) in [6.07, 6.45) is 0. The third-order valence-electron chi connectivity index (χ3n) is 4.43. The first-order valence-electron chi connectivity index (χ1n) is 8.30. The predicted octanol–water partition coefficient (Wildman–Crippen LogP) is 4.60. The topological polar surface area (TPSA) is 45.2 Å². The number of hydrogen-bond acceptors (Lipinski definition) is 4. The molecule has 0 saturated carbocycles. The van der Waals surface area contributed by atoms with E-state index in [0.29, 0.717) is 0 Å². The highest BCUT2D eigenvalue weighted by atomic mass is 32.1. The van der Waals surface area contributed by atoms with Crippen molar-refractivity contribution in [3.63, 3.8) is 0 Å². The number of thiazole rings is 1. The second-order valence-corrected chi connectivity index (χ2v) is 7.55. The molecule has 130 valence electrons. The van der Waals surface area contributed by atoms with Crippen LogP contribution in [0.15, 0.2) is 30.3 Å². The van der Waals surface area contributed by atoms with Gasteiger partial charge in [-0.05, 0) is 62.1 Å². The van der Waals surface area contributed by atoms with Gasteiger partial charge in [0.15, 0.2) is 5.13 Å². The molecule has 0 unspecified atom stereocenters. The maximum absolute atomic E-state index is 12.4. The molecular formula is C20H23N3OS. The Bertz CT molecular complexity index is 907. The van der Waals surface area contributed by atoms with Crippen molar-refractivity contribution < 1.29 is 4.79 Å². The van der Waals surface area contributed by atoms with E-state index in [0.717, 1.165) is 21.9 Å². The molecule has 0 aliphatic carbocycles. The standard InChI is InChI=1S/C20H23N3OS/c1-12-8-9-16(10-15(12)4)21-17(24)11-23(5)20-22-18-13(2)6-7-14(3)19(18)25-20/h6-10H,11H2,1-5H3,(H,21,24). The van der Waals surface area contributed by atoms with Crippen LogP contribution in [0.3, 0.4) is 0 Å². The van der Waals surface area contributed by atoms with Gasteiger partial charge in [0, 0.05) is 12.7 Å². The number of carbonyl (C=O) groups excluding carboxylic acids is 1. The number of nitrogens with zero attached hydrogens (tertiary/aromatic N) is 2. The number of hydrogen-bond donors (Lipinski definition) is 1. The van der Waals surface area contributed by atoms with Gasteiger partial charge in [-0.3, -0.25) is 4.79 Å². The maximum atomic E-state index is 12.4. The average molecular weight is 353 g/mol. The number of fused-ring (bicyclic) bond motifs is 1. The summed E-state index contributed by atoms with van der Waals surface area (Å²) in [7, 11) is 1.91. The van der Waals surface area contributed by atoms with Crippen molar-refractivity contribution >= 4 is 38.3 Å². The molecule has 2 aromatic carbocycles. The van der Waals surface area contributed by atoms with E-state index in [1.807, 2.05) is 37.1 Å². The third kappa shape index (κ3) is 3.66. The minimum Gasteiger partial charge on any atom is -0.342 e. The number of nitrogens with one attached hydrogen (secondary N) is 1. The summed E-state index contributed by atoms with van der Waals surface area (Å²) in [6.45, 7) is 8.54. The van der Waals surface area contributed by atoms with Gasteiger partial charge >= 0.3 is 0 Å². The number of anilines is 2. The van der Waals surface area contributed by atoms with Crippen molar-refractivity contribution in [2.24, 2.45) is 0 Å². The zero-order chi connectivity index (χ0) is 18.1. The molecular weight excluding hydrogens is 330 g/mol. The molecule has 0 bridgehead atoms. The molecule has 0 aliphatic heterocycles. The van der Waals surface area contributed by atoms with Gasteiger partial charge in [0.1, 0.15) is 0 Å². The zero-order valence-corrected chi connectivity index (χ0v) is 16.1. The minimum absolute atomic E-state index is 0.0431. The summed E-state index contributed by atoms with van der Waals surface area (Å²) < 4.78 is 1.19. The first kappa shape index (κ1) is 17.4. The summed E-state index contributed by atoms with van der Waals surface area (Å²) in [5, 5.41) is 3.83. The van der Waals surface area contributed by atoms with Crippen LogP contribution in [0.2, 0.25) is 0 Å². The van der Waals surface area contributed by atoms with Crippen molar-refractivity contribution in [1.82, 2.24) is 4.98 Å². The van der Waals surface area contributed by atoms with Crippen LogP contribution in [0.4, 0.5) is 10.8 Å². The summed E-state index contributed by atoms with van der Waals surface area (Å²) in [5.74, 6) is -0.0431. The Morgan fingerprint density at radius 1 is 1.04 bits per heavy atom. The lowest BCUT2D eigenvalue weighted by Gasteiger charge is -2.15. The van der Waals surface area contributed by atoms with Crippen LogP contribution in [-0.4, -0.2) is 24.5 Å². The fraction of sp³-hybridized carbons (Fsp3) is 0.300. The molecule has 1 aromatic heterocycles. The van der Waals surface area contributed by atoms with Crippen molar-refractivity contribution in [2.45, 2.75) is 27.7 Å². The van der Waals surface area contributed by atoms with Crippen molar-refractivity contribution in [3.05, 3.63) is 52.6 Å². The largest absolute Gasteiger partial charge is 0.342 e. The Hall–Kier alpha value is -2.40. The van der Waals surface area contributed by atoms with Crippen LogP contribution in [0.5, 0.6) is 0 Å². The number of aryl methyl sites for hydroxylation is 4. The minimum atomic E-state index is -0.0431. The van der Waals surface area contributed by atoms with E-state index >= 15 is 0 Å². The first-order valence-corrected chi connectivity index (χ1v) is 9.12. The van der Waals surface area contributed by atoms with Crippen LogP contribution >= 0.6 is 11.3 Å². The molecule has 5 heteroatoms. The molecule has 3 aromatic rings. The Morgan fingerprint density at radius 2 is 1.72 bits per heavy atom. The van der Waals surface area contributed by atoms with Crippen LogP contribution in [0.1, 0.15) is 22.3 Å². The van der Waals surface area contributed by atoms with Crippen molar-refractivity contribution in [3.8, 4) is 0 Å². The molecule has 25 heavy (non-hydrogen) atoms. The van der Waals surface area contributed by atoms with E-state index in [1.165, 1.54) is 21.4 Å². The molecule has 0 radical (unpaired) electrons. The third-order valence-corrected chi connectivity index (χ3v) is 5.73. The monoisotopic (exact) mass is 353 g/mol. The highest BCUT2D eigenvalue weighted by Crippen LogP contribution is 2.32. The average Bonchev–Trinajstić information content (AvgIpc) is 3.01. The molecule has 0 saturated heterocycles. The quantitative estimate of drug-likeness (QED) is 0.745. The lowest BCUT2D eigenvalue weighted by molar-refractivity contribution is -0.114. The fourth-order valence-electron chi connectivity index (χ4n) is 2.71. The Labute approximate surface area is 152 Å². The van der Waals surface area contributed by atoms with Crippen LogP contribution in [0.25, 0.3) is 10.2 Å². The molecule has 4 nitrogen and oxygen atoms in total. The molecule has 0 fully saturated rings. The molecule has 1 N–H and O–H groups in total. The van der Waals surface area contributed by atoms with Crippen molar-refractivity contribution in [1.29, 1.82) is 0 Å².